The summed E-state index contributed by atoms with van der Waals surface area (Å²) in [4.78, 5) is 44.2. The maximum atomic E-state index is 14.6. The summed E-state index contributed by atoms with van der Waals surface area (Å²) in [6.07, 6.45) is 8.74. The van der Waals surface area contributed by atoms with Gasteiger partial charge in [0.15, 0.2) is 10.8 Å². The molecule has 12 rings (SSSR count). The second kappa shape index (κ2) is 20.9. The molecule has 4 heterocycles. The molecule has 14 nitrogen and oxygen atoms in total. The Hall–Kier alpha value is -6.84. The Kier molecular flexibility index (Phi) is 14.4. The number of benzene rings is 4. The zero-order valence-corrected chi connectivity index (χ0v) is 49.7. The van der Waals surface area contributed by atoms with Crippen LogP contribution in [0.1, 0.15) is 132 Å². The first-order valence-electron chi connectivity index (χ1n) is 28.3. The average molecular weight is 1110 g/mol. The van der Waals surface area contributed by atoms with E-state index in [1.165, 1.54) is 28.1 Å². The number of pyridine rings is 1. The third-order valence-corrected chi connectivity index (χ3v) is 24.8. The molecule has 80 heavy (non-hydrogen) atoms. The molecule has 4 aliphatic carbocycles. The number of carbonyl (C=O) groups excluding carboxylic acids is 2. The van der Waals surface area contributed by atoms with Gasteiger partial charge in [-0.25, -0.2) is 14.8 Å². The van der Waals surface area contributed by atoms with Crippen molar-refractivity contribution in [2.75, 3.05) is 36.5 Å². The third kappa shape index (κ3) is 10.7. The second-order valence-corrected chi connectivity index (χ2v) is 32.2. The predicted molar refractivity (Wildman–Crippen MR) is 321 cm³/mol. The topological polar surface area (TPSA) is 169 Å². The number of hydrogen-bond acceptors (Lipinski definition) is 11. The first-order chi connectivity index (χ1) is 38.1. The lowest BCUT2D eigenvalue weighted by atomic mass is 9.39. The minimum Gasteiger partial charge on any atom is -0.494 e. The van der Waals surface area contributed by atoms with Gasteiger partial charge in [0.2, 0.25) is 0 Å². The molecule has 416 valence electrons. The summed E-state index contributed by atoms with van der Waals surface area (Å²) in [5, 5.41) is 15.2. The van der Waals surface area contributed by atoms with Crippen LogP contribution in [0.25, 0.3) is 31.8 Å². The fourth-order valence-electron chi connectivity index (χ4n) is 15.7. The van der Waals surface area contributed by atoms with E-state index in [1.54, 1.807) is 0 Å². The number of esters is 1. The van der Waals surface area contributed by atoms with Gasteiger partial charge < -0.3 is 19.1 Å². The van der Waals surface area contributed by atoms with Crippen molar-refractivity contribution >= 4 is 62.8 Å². The van der Waals surface area contributed by atoms with Crippen LogP contribution < -0.4 is 25.3 Å². The number of fused-ring (bicyclic) bond motifs is 2. The Bertz CT molecular complexity index is 3430. The lowest BCUT2D eigenvalue weighted by molar-refractivity contribution is -0.247. The summed E-state index contributed by atoms with van der Waals surface area (Å²) in [7, 11) is -2.44. The summed E-state index contributed by atoms with van der Waals surface area (Å²) in [6.45, 7) is 22.5. The number of nitrogens with zero attached hydrogens (tertiary/aromatic N) is 8. The Morgan fingerprint density at radius 2 is 1.49 bits per heavy atom. The molecule has 2 unspecified atom stereocenters. The number of hydrogen-bond donors (Lipinski definition) is 1. The number of nitrogens with one attached hydrogen (secondary N) is 1. The van der Waals surface area contributed by atoms with Crippen LogP contribution in [0, 0.1) is 23.2 Å². The fraction of sp³-hybridized carbons (Fsp3) is 0.453. The first-order valence-corrected chi connectivity index (χ1v) is 31.4. The summed E-state index contributed by atoms with van der Waals surface area (Å²) in [5.74, 6) is 0.593. The van der Waals surface area contributed by atoms with Crippen molar-refractivity contribution in [1.82, 2.24) is 19.7 Å². The van der Waals surface area contributed by atoms with Gasteiger partial charge in [0.25, 0.3) is 5.91 Å². The van der Waals surface area contributed by atoms with Crippen molar-refractivity contribution in [2.24, 2.45) is 21.4 Å². The normalized spacial score (nSPS) is 22.4. The van der Waals surface area contributed by atoms with Crippen LogP contribution in [0.5, 0.6) is 5.75 Å². The predicted octanol–water partition coefficient (Wildman–Crippen LogP) is 13.5. The van der Waals surface area contributed by atoms with E-state index in [0.717, 1.165) is 83.0 Å². The van der Waals surface area contributed by atoms with Gasteiger partial charge in [-0.1, -0.05) is 134 Å². The largest absolute Gasteiger partial charge is 0.494 e. The summed E-state index contributed by atoms with van der Waals surface area (Å²) in [6, 6.07) is 38.5. The molecule has 1 amide bonds. The van der Waals surface area contributed by atoms with Gasteiger partial charge in [0.1, 0.15) is 25.2 Å². The Balaban J connectivity index is 0.916. The molecule has 4 fully saturated rings. The molecular formula is C64H75N9O5SSi. The van der Waals surface area contributed by atoms with Crippen LogP contribution >= 0.6 is 11.3 Å². The highest BCUT2D eigenvalue weighted by Gasteiger charge is 2.66. The van der Waals surface area contributed by atoms with Crippen molar-refractivity contribution < 1.29 is 23.8 Å². The number of aromatic nitrogens is 4. The molecule has 4 saturated carbocycles. The van der Waals surface area contributed by atoms with E-state index >= 15 is 0 Å². The van der Waals surface area contributed by atoms with Gasteiger partial charge >= 0.3 is 5.97 Å². The maximum absolute atomic E-state index is 14.6. The van der Waals surface area contributed by atoms with Crippen LogP contribution in [0.3, 0.4) is 0 Å². The zero-order valence-electron chi connectivity index (χ0n) is 47.9. The number of azide groups is 1. The summed E-state index contributed by atoms with van der Waals surface area (Å²) in [5.41, 5.74) is 14.0. The average Bonchev–Trinajstić information content (AvgIpc) is 3.71. The van der Waals surface area contributed by atoms with Crippen molar-refractivity contribution in [3.05, 3.63) is 154 Å². The van der Waals surface area contributed by atoms with Crippen LogP contribution in [-0.4, -0.2) is 77.2 Å². The Labute approximate surface area is 475 Å². The molecule has 5 aliphatic rings. The molecular weight excluding hydrogens is 1030 g/mol. The highest BCUT2D eigenvalue weighted by atomic mass is 32.1. The van der Waals surface area contributed by atoms with Gasteiger partial charge in [-0.3, -0.25) is 14.8 Å². The molecule has 7 aromatic rings. The summed E-state index contributed by atoms with van der Waals surface area (Å²) >= 11 is 1.45. The fourth-order valence-corrected chi connectivity index (χ4v) is 21.9. The van der Waals surface area contributed by atoms with E-state index in [-0.39, 0.29) is 38.5 Å². The minimum absolute atomic E-state index is 0.0381. The molecule has 0 spiro atoms. The molecule has 0 radical (unpaired) electrons. The smallest absolute Gasteiger partial charge is 0.358 e. The van der Waals surface area contributed by atoms with Crippen LogP contribution in [-0.2, 0) is 29.0 Å². The number of thiazole rings is 1. The highest BCUT2D eigenvalue weighted by molar-refractivity contribution is 7.22. The molecule has 0 saturated heterocycles. The summed E-state index contributed by atoms with van der Waals surface area (Å²) < 4.78 is 23.0. The maximum Gasteiger partial charge on any atom is 0.358 e. The van der Waals surface area contributed by atoms with Crippen molar-refractivity contribution in [3.8, 4) is 16.9 Å². The SMILES string of the molecule is Cc1c(-c2ccc(N3CCc4c(OCC[Si](c5ccccc5)(c5ccccc5)C(C)(C)C)ccc(C(=O)Nc5nc6ccccc6s5)c4C3)nc2C(=O)OC(C)(C)C)cnn1CC12CC3(C)CC(C)(C1)CC(OCCN=[N+]=[N-])(C3)C2. The number of amides is 1. The van der Waals surface area contributed by atoms with Gasteiger partial charge in [-0.2, -0.15) is 5.10 Å². The van der Waals surface area contributed by atoms with E-state index in [1.807, 2.05) is 75.5 Å². The van der Waals surface area contributed by atoms with Crippen molar-refractivity contribution in [1.29, 1.82) is 0 Å². The number of carbonyl (C=O) groups is 2. The molecule has 16 heteroatoms. The zero-order chi connectivity index (χ0) is 56.3. The highest BCUT2D eigenvalue weighted by Crippen LogP contribution is 2.72. The van der Waals surface area contributed by atoms with Gasteiger partial charge in [-0.05, 0) is 147 Å². The lowest BCUT2D eigenvalue weighted by Crippen LogP contribution is -2.64. The van der Waals surface area contributed by atoms with Crippen LogP contribution in [0.4, 0.5) is 10.9 Å². The van der Waals surface area contributed by atoms with E-state index in [0.29, 0.717) is 61.3 Å². The molecule has 1 N–H and O–H groups in total. The molecule has 2 atom stereocenters. The standard InChI is InChI=1S/C64H75N9O5SSi/c1-43-49(34-67-73(43)42-63-37-61(8)36-62(9,38-63)40-64(39-61,41-63)77-31-29-66-71-65)47-25-27-54(69-55(47)57(75)78-59(2,3)4)72-30-28-46-50(35-72)48(56(74)70-58-68-51-22-16-17-23-53(51)79-58)24-26-52(46)76-32-33-80(60(5,6)7,44-18-12-10-13-19-44)45-20-14-11-15-21-45/h10-27,34H,28-33,35-42H2,1-9H3,(H,68,70,74). The number of anilines is 2. The molecule has 4 bridgehead atoms. The molecule has 1 aliphatic heterocycles. The second-order valence-electron chi connectivity index (χ2n) is 26.2. The van der Waals surface area contributed by atoms with Crippen molar-refractivity contribution in [2.45, 2.75) is 143 Å². The Morgan fingerprint density at radius 1 is 0.800 bits per heavy atom. The third-order valence-electron chi connectivity index (χ3n) is 17.7. The van der Waals surface area contributed by atoms with E-state index in [9.17, 15) is 9.59 Å². The number of rotatable bonds is 17. The van der Waals surface area contributed by atoms with Gasteiger partial charge in [0, 0.05) is 59.0 Å². The minimum atomic E-state index is -2.44. The Morgan fingerprint density at radius 3 is 2.15 bits per heavy atom. The monoisotopic (exact) mass is 1110 g/mol. The van der Waals surface area contributed by atoms with Crippen LogP contribution in [0.2, 0.25) is 11.1 Å². The number of ether oxygens (including phenoxy) is 3. The molecule has 4 aromatic carbocycles. The van der Waals surface area contributed by atoms with Crippen LogP contribution in [0.15, 0.2) is 121 Å². The quantitative estimate of drug-likeness (QED) is 0.0233. The van der Waals surface area contributed by atoms with E-state index in [4.69, 9.17) is 34.8 Å². The molecule has 3 aromatic heterocycles. The lowest BCUT2D eigenvalue weighted by Gasteiger charge is -2.69. The first kappa shape index (κ1) is 55.1. The van der Waals surface area contributed by atoms with E-state index in [2.05, 4.69) is 127 Å². The number of para-hydroxylation sites is 1. The van der Waals surface area contributed by atoms with Crippen molar-refractivity contribution in [3.63, 3.8) is 0 Å². The van der Waals surface area contributed by atoms with E-state index < -0.39 is 19.6 Å². The van der Waals surface area contributed by atoms with Gasteiger partial charge in [-0.15, -0.1) is 0 Å². The van der Waals surface area contributed by atoms with Gasteiger partial charge in [0.05, 0.1) is 35.2 Å².